The lowest BCUT2D eigenvalue weighted by molar-refractivity contribution is 0.468. The Morgan fingerprint density at radius 1 is 1.11 bits per heavy atom. The second-order valence-electron chi connectivity index (χ2n) is 5.80. The molecule has 0 saturated heterocycles. The molecule has 1 aliphatic heterocycles. The minimum Gasteiger partial charge on any atom is -0.399 e. The van der Waals surface area contributed by atoms with E-state index < -0.39 is 0 Å². The number of aryl methyl sites for hydroxylation is 1. The molecule has 1 aliphatic rings. The molecule has 0 fully saturated rings. The molecule has 0 bridgehead atoms. The summed E-state index contributed by atoms with van der Waals surface area (Å²) in [6, 6.07) is 8.06. The lowest BCUT2D eigenvalue weighted by Crippen LogP contribution is -2.26. The van der Waals surface area contributed by atoms with Gasteiger partial charge in [0, 0.05) is 24.1 Å². The molecule has 0 spiro atoms. The first kappa shape index (κ1) is 12.2. The number of benzene rings is 1. The van der Waals surface area contributed by atoms with Crippen LogP contribution in [0.4, 0.5) is 5.69 Å². The fraction of sp³-hybridized carbons (Fsp3) is 0.467. The molecule has 2 heterocycles. The maximum Gasteiger partial charge on any atom is 0.143 e. The van der Waals surface area contributed by atoms with E-state index in [1.807, 2.05) is 12.1 Å². The Labute approximate surface area is 113 Å². The van der Waals surface area contributed by atoms with E-state index in [0.29, 0.717) is 0 Å². The van der Waals surface area contributed by atoms with Crippen LogP contribution < -0.4 is 5.73 Å². The Balaban J connectivity index is 2.04. The SMILES string of the molecule is CC(C)(c1ccc(N)cc1)c1nnc2n1CCCC2. The number of nitrogen functional groups attached to an aromatic ring is 1. The molecular formula is C15H20N4. The van der Waals surface area contributed by atoms with Crippen molar-refractivity contribution in [3.63, 3.8) is 0 Å². The van der Waals surface area contributed by atoms with Gasteiger partial charge in [0.15, 0.2) is 0 Å². The van der Waals surface area contributed by atoms with Crippen molar-refractivity contribution in [3.05, 3.63) is 41.5 Å². The molecule has 19 heavy (non-hydrogen) atoms. The first-order chi connectivity index (χ1) is 9.09. The summed E-state index contributed by atoms with van der Waals surface area (Å²) in [6.07, 6.45) is 3.49. The van der Waals surface area contributed by atoms with Crippen molar-refractivity contribution in [2.75, 3.05) is 5.73 Å². The number of fused-ring (bicyclic) bond motifs is 1. The zero-order chi connectivity index (χ0) is 13.5. The van der Waals surface area contributed by atoms with Gasteiger partial charge in [-0.1, -0.05) is 12.1 Å². The maximum atomic E-state index is 5.77. The summed E-state index contributed by atoms with van der Waals surface area (Å²) in [6.45, 7) is 5.44. The second-order valence-corrected chi connectivity index (χ2v) is 5.80. The third kappa shape index (κ3) is 2.01. The van der Waals surface area contributed by atoms with Crippen molar-refractivity contribution < 1.29 is 0 Å². The summed E-state index contributed by atoms with van der Waals surface area (Å²) in [5.74, 6) is 2.19. The minimum atomic E-state index is -0.143. The van der Waals surface area contributed by atoms with Crippen LogP contribution in [0.1, 0.15) is 43.9 Å². The van der Waals surface area contributed by atoms with Gasteiger partial charge in [0.2, 0.25) is 0 Å². The Bertz CT molecular complexity index is 581. The number of hydrogen-bond acceptors (Lipinski definition) is 3. The molecule has 0 aliphatic carbocycles. The van der Waals surface area contributed by atoms with Gasteiger partial charge in [-0.25, -0.2) is 0 Å². The van der Waals surface area contributed by atoms with Gasteiger partial charge in [-0.05, 0) is 44.4 Å². The van der Waals surface area contributed by atoms with E-state index >= 15 is 0 Å². The summed E-state index contributed by atoms with van der Waals surface area (Å²) in [7, 11) is 0. The monoisotopic (exact) mass is 256 g/mol. The largest absolute Gasteiger partial charge is 0.399 e. The van der Waals surface area contributed by atoms with Gasteiger partial charge in [0.25, 0.3) is 0 Å². The van der Waals surface area contributed by atoms with Crippen LogP contribution >= 0.6 is 0 Å². The van der Waals surface area contributed by atoms with E-state index in [1.165, 1.54) is 18.4 Å². The van der Waals surface area contributed by atoms with Crippen molar-refractivity contribution in [3.8, 4) is 0 Å². The molecule has 100 valence electrons. The van der Waals surface area contributed by atoms with Gasteiger partial charge in [-0.15, -0.1) is 10.2 Å². The van der Waals surface area contributed by atoms with E-state index in [4.69, 9.17) is 5.73 Å². The molecule has 4 nitrogen and oxygen atoms in total. The highest BCUT2D eigenvalue weighted by molar-refractivity contribution is 5.43. The van der Waals surface area contributed by atoms with E-state index in [1.54, 1.807) is 0 Å². The van der Waals surface area contributed by atoms with E-state index in [9.17, 15) is 0 Å². The smallest absolute Gasteiger partial charge is 0.143 e. The zero-order valence-electron chi connectivity index (χ0n) is 11.6. The number of nitrogens with zero attached hydrogens (tertiary/aromatic N) is 3. The summed E-state index contributed by atoms with van der Waals surface area (Å²) in [5.41, 5.74) is 7.64. The zero-order valence-corrected chi connectivity index (χ0v) is 11.6. The molecule has 3 rings (SSSR count). The molecule has 2 aromatic rings. The average Bonchev–Trinajstić information content (AvgIpc) is 2.83. The summed E-state index contributed by atoms with van der Waals surface area (Å²) >= 11 is 0. The number of nitrogens with two attached hydrogens (primary N) is 1. The third-order valence-corrected chi connectivity index (χ3v) is 4.05. The first-order valence-electron chi connectivity index (χ1n) is 6.87. The van der Waals surface area contributed by atoms with Gasteiger partial charge in [0.1, 0.15) is 11.6 Å². The van der Waals surface area contributed by atoms with E-state index in [2.05, 4.69) is 40.7 Å². The summed E-state index contributed by atoms with van der Waals surface area (Å²) in [5, 5.41) is 8.80. The quantitative estimate of drug-likeness (QED) is 0.840. The fourth-order valence-electron chi connectivity index (χ4n) is 2.80. The van der Waals surface area contributed by atoms with Crippen LogP contribution in [-0.2, 0) is 18.4 Å². The van der Waals surface area contributed by atoms with Gasteiger partial charge in [-0.3, -0.25) is 0 Å². The van der Waals surface area contributed by atoms with Gasteiger partial charge in [0.05, 0.1) is 0 Å². The lowest BCUT2D eigenvalue weighted by Gasteiger charge is -2.26. The number of rotatable bonds is 2. The van der Waals surface area contributed by atoms with Crippen LogP contribution in [0.5, 0.6) is 0 Å². The summed E-state index contributed by atoms with van der Waals surface area (Å²) in [4.78, 5) is 0. The second kappa shape index (κ2) is 4.37. The molecule has 2 N–H and O–H groups in total. The molecule has 0 atom stereocenters. The molecule has 0 radical (unpaired) electrons. The predicted molar refractivity (Wildman–Crippen MR) is 75.9 cm³/mol. The molecule has 0 saturated carbocycles. The van der Waals surface area contributed by atoms with Crippen molar-refractivity contribution in [1.82, 2.24) is 14.8 Å². The average molecular weight is 256 g/mol. The molecular weight excluding hydrogens is 236 g/mol. The van der Waals surface area contributed by atoms with Crippen molar-refractivity contribution in [2.45, 2.75) is 45.1 Å². The van der Waals surface area contributed by atoms with E-state index in [0.717, 1.165) is 30.3 Å². The van der Waals surface area contributed by atoms with Crippen LogP contribution in [0, 0.1) is 0 Å². The summed E-state index contributed by atoms with van der Waals surface area (Å²) < 4.78 is 2.29. The van der Waals surface area contributed by atoms with Gasteiger partial charge < -0.3 is 10.3 Å². The first-order valence-corrected chi connectivity index (χ1v) is 6.87. The van der Waals surface area contributed by atoms with Crippen LogP contribution in [-0.4, -0.2) is 14.8 Å². The van der Waals surface area contributed by atoms with Crippen molar-refractivity contribution in [1.29, 1.82) is 0 Å². The van der Waals surface area contributed by atoms with Gasteiger partial charge in [-0.2, -0.15) is 0 Å². The Hall–Kier alpha value is -1.84. The Morgan fingerprint density at radius 3 is 2.58 bits per heavy atom. The standard InChI is InChI=1S/C15H20N4/c1-15(2,11-6-8-12(16)9-7-11)14-18-17-13-5-3-4-10-19(13)14/h6-9H,3-5,10,16H2,1-2H3. The van der Waals surface area contributed by atoms with Crippen LogP contribution in [0.15, 0.2) is 24.3 Å². The fourth-order valence-corrected chi connectivity index (χ4v) is 2.80. The number of hydrogen-bond donors (Lipinski definition) is 1. The molecule has 1 aromatic carbocycles. The van der Waals surface area contributed by atoms with Crippen LogP contribution in [0.25, 0.3) is 0 Å². The number of anilines is 1. The highest BCUT2D eigenvalue weighted by Gasteiger charge is 2.31. The molecule has 0 unspecified atom stereocenters. The Kier molecular flexibility index (Phi) is 2.81. The van der Waals surface area contributed by atoms with Crippen LogP contribution in [0.2, 0.25) is 0 Å². The lowest BCUT2D eigenvalue weighted by atomic mass is 9.83. The Morgan fingerprint density at radius 2 is 1.84 bits per heavy atom. The topological polar surface area (TPSA) is 56.7 Å². The molecule has 4 heteroatoms. The molecule has 0 amide bonds. The minimum absolute atomic E-state index is 0.143. The van der Waals surface area contributed by atoms with E-state index in [-0.39, 0.29) is 5.41 Å². The van der Waals surface area contributed by atoms with Gasteiger partial charge >= 0.3 is 0 Å². The number of aromatic nitrogens is 3. The maximum absolute atomic E-state index is 5.77. The van der Waals surface area contributed by atoms with Crippen molar-refractivity contribution >= 4 is 5.69 Å². The predicted octanol–water partition coefficient (Wildman–Crippen LogP) is 2.52. The third-order valence-electron chi connectivity index (χ3n) is 4.05. The normalized spacial score (nSPS) is 15.3. The highest BCUT2D eigenvalue weighted by Crippen LogP contribution is 2.32. The highest BCUT2D eigenvalue weighted by atomic mass is 15.3. The molecule has 1 aromatic heterocycles. The van der Waals surface area contributed by atoms with Crippen molar-refractivity contribution in [2.24, 2.45) is 0 Å². The van der Waals surface area contributed by atoms with Crippen LogP contribution in [0.3, 0.4) is 0 Å².